The third kappa shape index (κ3) is 3.80. The minimum Gasteiger partial charge on any atom is -0.304 e. The molecule has 0 aliphatic heterocycles. The van der Waals surface area contributed by atoms with Gasteiger partial charge in [-0.3, -0.25) is 4.79 Å². The smallest absolute Gasteiger partial charge is 0.228 e. The fraction of sp³-hybridized carbons (Fsp3) is 0.500. The SMILES string of the molecule is CCc1cccc(C)c1N(C(=O)CCCl)C(C)C(C)=S. The third-order valence-corrected chi connectivity index (χ3v) is 4.03. The second kappa shape index (κ2) is 7.75. The summed E-state index contributed by atoms with van der Waals surface area (Å²) in [5, 5.41) is 0. The number of thiocarbonyl (C=S) groups is 1. The molecule has 0 spiro atoms. The van der Waals surface area contributed by atoms with Crippen LogP contribution >= 0.6 is 23.8 Å². The van der Waals surface area contributed by atoms with Crippen LogP contribution in [0.3, 0.4) is 0 Å². The first-order chi connectivity index (χ1) is 9.43. The van der Waals surface area contributed by atoms with E-state index in [9.17, 15) is 4.79 Å². The summed E-state index contributed by atoms with van der Waals surface area (Å²) in [4.78, 5) is 15.1. The van der Waals surface area contributed by atoms with Crippen LogP contribution in [0.15, 0.2) is 18.2 Å². The zero-order valence-electron chi connectivity index (χ0n) is 12.6. The van der Waals surface area contributed by atoms with Crippen LogP contribution < -0.4 is 4.90 Å². The van der Waals surface area contributed by atoms with Gasteiger partial charge in [0.15, 0.2) is 0 Å². The summed E-state index contributed by atoms with van der Waals surface area (Å²) in [6, 6.07) is 6.01. The maximum atomic E-state index is 12.5. The van der Waals surface area contributed by atoms with Gasteiger partial charge in [-0.05, 0) is 38.3 Å². The second-order valence-electron chi connectivity index (χ2n) is 4.93. The average Bonchev–Trinajstić information content (AvgIpc) is 2.40. The number of para-hydroxylation sites is 1. The number of nitrogens with zero attached hydrogens (tertiary/aromatic N) is 1. The second-order valence-corrected chi connectivity index (χ2v) is 5.95. The summed E-state index contributed by atoms with van der Waals surface area (Å²) in [6.07, 6.45) is 1.21. The fourth-order valence-corrected chi connectivity index (χ4v) is 2.53. The molecule has 1 atom stereocenters. The lowest BCUT2D eigenvalue weighted by atomic mass is 10.0. The van der Waals surface area contributed by atoms with E-state index in [1.54, 1.807) is 0 Å². The Morgan fingerprint density at radius 2 is 2.10 bits per heavy atom. The van der Waals surface area contributed by atoms with E-state index in [0.717, 1.165) is 28.1 Å². The molecule has 0 N–H and O–H groups in total. The highest BCUT2D eigenvalue weighted by molar-refractivity contribution is 7.80. The first kappa shape index (κ1) is 17.1. The van der Waals surface area contributed by atoms with Crippen molar-refractivity contribution in [3.63, 3.8) is 0 Å². The molecule has 0 saturated carbocycles. The summed E-state index contributed by atoms with van der Waals surface area (Å²) >= 11 is 11.0. The minimum atomic E-state index is -0.105. The number of aryl methyl sites for hydroxylation is 2. The Balaban J connectivity index is 3.37. The normalized spacial score (nSPS) is 12.1. The molecule has 0 aliphatic rings. The molecule has 0 aromatic heterocycles. The number of benzene rings is 1. The summed E-state index contributed by atoms with van der Waals surface area (Å²) < 4.78 is 0. The molecule has 1 amide bonds. The number of rotatable bonds is 6. The van der Waals surface area contributed by atoms with E-state index in [4.69, 9.17) is 23.8 Å². The van der Waals surface area contributed by atoms with Crippen molar-refractivity contribution in [2.45, 2.75) is 46.6 Å². The number of amides is 1. The van der Waals surface area contributed by atoms with E-state index in [1.807, 2.05) is 37.8 Å². The van der Waals surface area contributed by atoms with E-state index in [1.165, 1.54) is 0 Å². The van der Waals surface area contributed by atoms with Crippen molar-refractivity contribution in [3.8, 4) is 0 Å². The lowest BCUT2D eigenvalue weighted by Crippen LogP contribution is -2.43. The molecule has 0 aliphatic carbocycles. The zero-order valence-corrected chi connectivity index (χ0v) is 14.1. The van der Waals surface area contributed by atoms with E-state index in [0.29, 0.717) is 12.3 Å². The standard InChI is InChI=1S/C16H22ClNOS/c1-5-14-8-6-7-11(2)16(14)18(12(3)13(4)20)15(19)9-10-17/h6-8,12H,5,9-10H2,1-4H3. The van der Waals surface area contributed by atoms with Gasteiger partial charge in [0, 0.05) is 17.2 Å². The summed E-state index contributed by atoms with van der Waals surface area (Å²) in [6.45, 7) is 7.98. The van der Waals surface area contributed by atoms with Crippen molar-refractivity contribution in [1.29, 1.82) is 0 Å². The first-order valence-electron chi connectivity index (χ1n) is 6.91. The third-order valence-electron chi connectivity index (χ3n) is 3.50. The molecule has 0 heterocycles. The van der Waals surface area contributed by atoms with Gasteiger partial charge < -0.3 is 4.90 Å². The number of carbonyl (C=O) groups is 1. The van der Waals surface area contributed by atoms with Crippen LogP contribution in [0.5, 0.6) is 0 Å². The van der Waals surface area contributed by atoms with Gasteiger partial charge in [-0.2, -0.15) is 0 Å². The highest BCUT2D eigenvalue weighted by atomic mass is 35.5. The van der Waals surface area contributed by atoms with Gasteiger partial charge in [-0.15, -0.1) is 11.6 Å². The Morgan fingerprint density at radius 3 is 2.60 bits per heavy atom. The number of anilines is 1. The van der Waals surface area contributed by atoms with Gasteiger partial charge in [-0.25, -0.2) is 0 Å². The molecule has 1 rings (SSSR count). The van der Waals surface area contributed by atoms with Crippen LogP contribution in [-0.2, 0) is 11.2 Å². The Morgan fingerprint density at radius 1 is 1.45 bits per heavy atom. The average molecular weight is 312 g/mol. The highest BCUT2D eigenvalue weighted by Crippen LogP contribution is 2.28. The maximum Gasteiger partial charge on any atom is 0.228 e. The number of hydrogen-bond donors (Lipinski definition) is 0. The molecule has 1 unspecified atom stereocenters. The summed E-state index contributed by atoms with van der Waals surface area (Å²) in [5.74, 6) is 0.354. The number of halogens is 1. The predicted molar refractivity (Wildman–Crippen MR) is 91.1 cm³/mol. The Bertz CT molecular complexity index is 501. The first-order valence-corrected chi connectivity index (χ1v) is 7.85. The van der Waals surface area contributed by atoms with Crippen LogP contribution in [0.4, 0.5) is 5.69 Å². The van der Waals surface area contributed by atoms with Gasteiger partial charge in [0.2, 0.25) is 5.91 Å². The molecule has 4 heteroatoms. The zero-order chi connectivity index (χ0) is 15.3. The van der Waals surface area contributed by atoms with Gasteiger partial charge in [0.1, 0.15) is 0 Å². The van der Waals surface area contributed by atoms with Crippen molar-refractivity contribution < 1.29 is 4.79 Å². The molecule has 2 nitrogen and oxygen atoms in total. The van der Waals surface area contributed by atoms with Gasteiger partial charge >= 0.3 is 0 Å². The van der Waals surface area contributed by atoms with E-state index >= 15 is 0 Å². The molecule has 0 radical (unpaired) electrons. The van der Waals surface area contributed by atoms with Gasteiger partial charge in [-0.1, -0.05) is 37.3 Å². The van der Waals surface area contributed by atoms with Crippen molar-refractivity contribution in [2.24, 2.45) is 0 Å². The topological polar surface area (TPSA) is 20.3 Å². The molecule has 1 aromatic rings. The van der Waals surface area contributed by atoms with Crippen molar-refractivity contribution in [1.82, 2.24) is 0 Å². The summed E-state index contributed by atoms with van der Waals surface area (Å²) in [7, 11) is 0. The van der Waals surface area contributed by atoms with E-state index in [2.05, 4.69) is 13.0 Å². The Hall–Kier alpha value is -0.930. The molecule has 1 aromatic carbocycles. The fourth-order valence-electron chi connectivity index (χ4n) is 2.27. The molecule has 0 saturated heterocycles. The van der Waals surface area contributed by atoms with Crippen LogP contribution in [0.25, 0.3) is 0 Å². The summed E-state index contributed by atoms with van der Waals surface area (Å²) in [5.41, 5.74) is 3.24. The maximum absolute atomic E-state index is 12.5. The lowest BCUT2D eigenvalue weighted by Gasteiger charge is -2.32. The van der Waals surface area contributed by atoms with Crippen LogP contribution in [0.1, 0.15) is 38.3 Å². The Labute approximate surface area is 132 Å². The number of alkyl halides is 1. The molecule has 110 valence electrons. The molecular formula is C16H22ClNOS. The van der Waals surface area contributed by atoms with Crippen LogP contribution in [0, 0.1) is 6.92 Å². The minimum absolute atomic E-state index is 0.0284. The number of carbonyl (C=O) groups excluding carboxylic acids is 1. The molecule has 20 heavy (non-hydrogen) atoms. The number of hydrogen-bond acceptors (Lipinski definition) is 2. The van der Waals surface area contributed by atoms with Gasteiger partial charge in [0.05, 0.1) is 11.7 Å². The lowest BCUT2D eigenvalue weighted by molar-refractivity contribution is -0.118. The largest absolute Gasteiger partial charge is 0.304 e. The van der Waals surface area contributed by atoms with Crippen LogP contribution in [0.2, 0.25) is 0 Å². The predicted octanol–water partition coefficient (Wildman–Crippen LogP) is 4.30. The van der Waals surface area contributed by atoms with Gasteiger partial charge in [0.25, 0.3) is 0 Å². The van der Waals surface area contributed by atoms with Crippen LogP contribution in [-0.4, -0.2) is 22.7 Å². The van der Waals surface area contributed by atoms with E-state index in [-0.39, 0.29) is 11.9 Å². The quantitative estimate of drug-likeness (QED) is 0.577. The highest BCUT2D eigenvalue weighted by Gasteiger charge is 2.25. The molecule has 0 bridgehead atoms. The van der Waals surface area contributed by atoms with Crippen molar-refractivity contribution in [2.75, 3.05) is 10.8 Å². The van der Waals surface area contributed by atoms with Crippen molar-refractivity contribution >= 4 is 40.3 Å². The van der Waals surface area contributed by atoms with Crippen molar-refractivity contribution in [3.05, 3.63) is 29.3 Å². The monoisotopic (exact) mass is 311 g/mol. The van der Waals surface area contributed by atoms with E-state index < -0.39 is 0 Å². The molecular weight excluding hydrogens is 290 g/mol. The molecule has 0 fully saturated rings. The Kier molecular flexibility index (Phi) is 6.63.